The van der Waals surface area contributed by atoms with E-state index < -0.39 is 40.2 Å². The minimum Gasteiger partial charge on any atom is -0.354 e. The summed E-state index contributed by atoms with van der Waals surface area (Å²) in [6.07, 6.45) is 1.09. The molecule has 0 aliphatic carbocycles. The number of halogens is 1. The van der Waals surface area contributed by atoms with Crippen molar-refractivity contribution in [3.63, 3.8) is 0 Å². The van der Waals surface area contributed by atoms with Crippen LogP contribution in [0.25, 0.3) is 0 Å². The van der Waals surface area contributed by atoms with Gasteiger partial charge in [0.25, 0.3) is 0 Å². The summed E-state index contributed by atoms with van der Waals surface area (Å²) in [6, 6.07) is 19.9. The molecule has 0 aliphatic rings. The predicted molar refractivity (Wildman–Crippen MR) is 157 cm³/mol. The van der Waals surface area contributed by atoms with E-state index in [4.69, 9.17) is 0 Å². The minimum absolute atomic E-state index is 0.128. The maximum atomic E-state index is 14.8. The topological polar surface area (TPSA) is 104 Å². The van der Waals surface area contributed by atoms with Crippen LogP contribution >= 0.6 is 0 Å². The molecule has 0 spiro atoms. The van der Waals surface area contributed by atoms with Crippen LogP contribution in [0.4, 0.5) is 10.1 Å². The molecule has 218 valence electrons. The summed E-state index contributed by atoms with van der Waals surface area (Å²) in [7, 11) is -4.00. The number of sulfonamides is 1. The molecule has 1 N–H and O–H groups in total. The lowest BCUT2D eigenvalue weighted by atomic mass is 10.0. The molecular formula is C31H36FN3O5S. The molecule has 0 saturated heterocycles. The number of carbonyl (C=O) groups is 3. The van der Waals surface area contributed by atoms with Crippen molar-refractivity contribution >= 4 is 33.3 Å². The molecule has 0 aromatic heterocycles. The van der Waals surface area contributed by atoms with E-state index in [0.29, 0.717) is 6.54 Å². The summed E-state index contributed by atoms with van der Waals surface area (Å²) in [5, 5.41) is 2.88. The van der Waals surface area contributed by atoms with Crippen molar-refractivity contribution in [2.45, 2.75) is 39.8 Å². The Balaban J connectivity index is 2.08. The summed E-state index contributed by atoms with van der Waals surface area (Å²) in [4.78, 5) is 40.8. The first-order valence-electron chi connectivity index (χ1n) is 13.3. The van der Waals surface area contributed by atoms with Crippen LogP contribution in [0.5, 0.6) is 0 Å². The highest BCUT2D eigenvalue weighted by molar-refractivity contribution is 7.92. The molecule has 1 atom stereocenters. The average molecular weight is 582 g/mol. The second-order valence-corrected chi connectivity index (χ2v) is 12.2. The summed E-state index contributed by atoms with van der Waals surface area (Å²) in [5.41, 5.74) is 1.36. The lowest BCUT2D eigenvalue weighted by molar-refractivity contribution is -0.140. The zero-order valence-electron chi connectivity index (χ0n) is 23.7. The van der Waals surface area contributed by atoms with Gasteiger partial charge >= 0.3 is 0 Å². The monoisotopic (exact) mass is 581 g/mol. The van der Waals surface area contributed by atoms with Crippen LogP contribution in [0, 0.1) is 11.7 Å². The number of hydrogen-bond acceptors (Lipinski definition) is 5. The Kier molecular flexibility index (Phi) is 10.8. The van der Waals surface area contributed by atoms with E-state index >= 15 is 0 Å². The van der Waals surface area contributed by atoms with Crippen molar-refractivity contribution < 1.29 is 27.2 Å². The predicted octanol–water partition coefficient (Wildman–Crippen LogP) is 4.21. The molecule has 0 fully saturated rings. The SMILES string of the molecule is CC(=O)c1cccc(N(CC(=O)N(Cc2ccccc2F)[C@H](Cc2ccccc2)C(=O)NCC(C)C)S(C)(=O)=O)c1. The van der Waals surface area contributed by atoms with Crippen LogP contribution in [0.3, 0.4) is 0 Å². The van der Waals surface area contributed by atoms with Gasteiger partial charge in [0.15, 0.2) is 5.78 Å². The summed E-state index contributed by atoms with van der Waals surface area (Å²) < 4.78 is 41.5. The van der Waals surface area contributed by atoms with E-state index in [1.54, 1.807) is 12.1 Å². The Morgan fingerprint density at radius 2 is 1.59 bits per heavy atom. The standard InChI is InChI=1S/C31H36FN3O5S/c1-22(2)19-33-31(38)29(17-24-11-6-5-7-12-24)34(20-26-13-8-9-16-28(26)32)30(37)21-35(41(4,39)40)27-15-10-14-25(18-27)23(3)36/h5-16,18,22,29H,17,19-21H2,1-4H3,(H,33,38)/t29-/m1/s1. The van der Waals surface area contributed by atoms with Gasteiger partial charge < -0.3 is 10.2 Å². The number of hydrogen-bond donors (Lipinski definition) is 1. The van der Waals surface area contributed by atoms with Crippen molar-refractivity contribution in [2.75, 3.05) is 23.7 Å². The van der Waals surface area contributed by atoms with E-state index in [-0.39, 0.29) is 41.5 Å². The van der Waals surface area contributed by atoms with E-state index in [1.807, 2.05) is 44.2 Å². The molecular weight excluding hydrogens is 545 g/mol. The fourth-order valence-electron chi connectivity index (χ4n) is 4.28. The van der Waals surface area contributed by atoms with Crippen molar-refractivity contribution in [1.29, 1.82) is 0 Å². The minimum atomic E-state index is -4.00. The Morgan fingerprint density at radius 1 is 0.927 bits per heavy atom. The van der Waals surface area contributed by atoms with Gasteiger partial charge in [-0.25, -0.2) is 12.8 Å². The van der Waals surface area contributed by atoms with Gasteiger partial charge in [-0.3, -0.25) is 18.7 Å². The molecule has 3 aromatic carbocycles. The van der Waals surface area contributed by atoms with Crippen molar-refractivity contribution in [1.82, 2.24) is 10.2 Å². The fourth-order valence-corrected chi connectivity index (χ4v) is 5.12. The number of Topliss-reactive ketones (excluding diaryl/α,β-unsaturated/α-hetero) is 1. The third-order valence-electron chi connectivity index (χ3n) is 6.47. The maximum Gasteiger partial charge on any atom is 0.244 e. The van der Waals surface area contributed by atoms with Gasteiger partial charge in [-0.05, 0) is 36.6 Å². The number of ketones is 1. The molecule has 0 saturated carbocycles. The van der Waals surface area contributed by atoms with E-state index in [1.165, 1.54) is 48.2 Å². The largest absolute Gasteiger partial charge is 0.354 e. The fraction of sp³-hybridized carbons (Fsp3) is 0.323. The molecule has 0 aliphatic heterocycles. The number of nitrogens with one attached hydrogen (secondary N) is 1. The second kappa shape index (κ2) is 14.0. The van der Waals surface area contributed by atoms with Crippen LogP contribution in [0.2, 0.25) is 0 Å². The highest BCUT2D eigenvalue weighted by Gasteiger charge is 2.33. The van der Waals surface area contributed by atoms with Gasteiger partial charge in [-0.1, -0.05) is 74.5 Å². The molecule has 8 nitrogen and oxygen atoms in total. The van der Waals surface area contributed by atoms with Gasteiger partial charge in [-0.2, -0.15) is 0 Å². The first-order valence-corrected chi connectivity index (χ1v) is 15.1. The van der Waals surface area contributed by atoms with Gasteiger partial charge in [0.1, 0.15) is 18.4 Å². The molecule has 3 aromatic rings. The summed E-state index contributed by atoms with van der Waals surface area (Å²) >= 11 is 0. The smallest absolute Gasteiger partial charge is 0.244 e. The second-order valence-electron chi connectivity index (χ2n) is 10.3. The van der Waals surface area contributed by atoms with Gasteiger partial charge in [0.05, 0.1) is 11.9 Å². The Hall–Kier alpha value is -4.05. The highest BCUT2D eigenvalue weighted by Crippen LogP contribution is 2.22. The molecule has 10 heteroatoms. The van der Waals surface area contributed by atoms with Crippen LogP contribution in [-0.2, 0) is 32.6 Å². The van der Waals surface area contributed by atoms with Gasteiger partial charge in [0, 0.05) is 30.6 Å². The molecule has 0 unspecified atom stereocenters. The van der Waals surface area contributed by atoms with E-state index in [2.05, 4.69) is 5.32 Å². The lowest BCUT2D eigenvalue weighted by Crippen LogP contribution is -2.53. The zero-order chi connectivity index (χ0) is 30.2. The number of amides is 2. The lowest BCUT2D eigenvalue weighted by Gasteiger charge is -2.33. The Morgan fingerprint density at radius 3 is 2.20 bits per heavy atom. The third-order valence-corrected chi connectivity index (χ3v) is 7.61. The number of carbonyl (C=O) groups excluding carboxylic acids is 3. The maximum absolute atomic E-state index is 14.8. The Bertz CT molecular complexity index is 1480. The molecule has 41 heavy (non-hydrogen) atoms. The average Bonchev–Trinajstić information content (AvgIpc) is 2.93. The van der Waals surface area contributed by atoms with Crippen LogP contribution < -0.4 is 9.62 Å². The van der Waals surface area contributed by atoms with E-state index in [0.717, 1.165) is 16.1 Å². The van der Waals surface area contributed by atoms with Gasteiger partial charge in [0.2, 0.25) is 21.8 Å². The van der Waals surface area contributed by atoms with Crippen LogP contribution in [-0.4, -0.2) is 56.3 Å². The molecule has 3 rings (SSSR count). The molecule has 0 heterocycles. The number of benzene rings is 3. The third kappa shape index (κ3) is 8.97. The van der Waals surface area contributed by atoms with Crippen LogP contribution in [0.15, 0.2) is 78.9 Å². The molecule has 0 radical (unpaired) electrons. The van der Waals surface area contributed by atoms with Crippen molar-refractivity contribution in [3.05, 3.63) is 101 Å². The quantitative estimate of drug-likeness (QED) is 0.305. The number of rotatable bonds is 13. The van der Waals surface area contributed by atoms with Crippen LogP contribution in [0.1, 0.15) is 42.3 Å². The molecule has 0 bridgehead atoms. The molecule has 2 amide bonds. The number of anilines is 1. The summed E-state index contributed by atoms with van der Waals surface area (Å²) in [6.45, 7) is 4.68. The zero-order valence-corrected chi connectivity index (χ0v) is 24.5. The highest BCUT2D eigenvalue weighted by atomic mass is 32.2. The van der Waals surface area contributed by atoms with Crippen molar-refractivity contribution in [3.8, 4) is 0 Å². The summed E-state index contributed by atoms with van der Waals surface area (Å²) in [5.74, 6) is -1.82. The van der Waals surface area contributed by atoms with E-state index in [9.17, 15) is 27.2 Å². The first-order chi connectivity index (χ1) is 19.4. The normalized spacial score (nSPS) is 12.0. The first kappa shape index (κ1) is 31.5. The number of nitrogens with zero attached hydrogens (tertiary/aromatic N) is 2. The Labute approximate surface area is 241 Å². The van der Waals surface area contributed by atoms with Crippen molar-refractivity contribution in [2.24, 2.45) is 5.92 Å². The van der Waals surface area contributed by atoms with Gasteiger partial charge in [-0.15, -0.1) is 0 Å².